The summed E-state index contributed by atoms with van der Waals surface area (Å²) in [5, 5.41) is 1.88. The number of nitrogens with zero attached hydrogens (tertiary/aromatic N) is 2. The van der Waals surface area contributed by atoms with Crippen LogP contribution in [0.25, 0.3) is 0 Å². The number of alkyl halides is 1. The first-order valence-corrected chi connectivity index (χ1v) is 14.8. The van der Waals surface area contributed by atoms with E-state index in [1.807, 2.05) is 65.4 Å². The third-order valence-electron chi connectivity index (χ3n) is 6.94. The standard InChI is InChI=1S/C31H30Cl4N2O3/c32-24-12-9-22(10-13-24)30(31(35)37-16-15-36-20-37)38-19-26-7-4-8-29(39-26)40-28(21-5-2-1-3-6-21)17-23-11-14-25(33)18-27(23)34/h1-3,5-6,9-16,18,20,26,28-31H,4,7-8,17,19H2. The minimum absolute atomic E-state index is 0.143. The number of rotatable bonds is 11. The van der Waals surface area contributed by atoms with Crippen molar-refractivity contribution < 1.29 is 14.2 Å². The van der Waals surface area contributed by atoms with Gasteiger partial charge in [-0.2, -0.15) is 0 Å². The fourth-order valence-corrected chi connectivity index (χ4v) is 5.78. The molecule has 4 aromatic rings. The van der Waals surface area contributed by atoms with Crippen molar-refractivity contribution in [3.05, 3.63) is 123 Å². The van der Waals surface area contributed by atoms with Crippen LogP contribution in [0.2, 0.25) is 15.1 Å². The number of hydrogen-bond acceptors (Lipinski definition) is 4. The molecule has 1 aliphatic rings. The molecule has 0 N–H and O–H groups in total. The summed E-state index contributed by atoms with van der Waals surface area (Å²) in [6, 6.07) is 23.2. The fraction of sp³-hybridized carbons (Fsp3) is 0.323. The van der Waals surface area contributed by atoms with E-state index in [-0.39, 0.29) is 18.5 Å². The van der Waals surface area contributed by atoms with Gasteiger partial charge in [-0.3, -0.25) is 0 Å². The molecule has 9 heteroatoms. The highest BCUT2D eigenvalue weighted by Crippen LogP contribution is 2.36. The molecule has 1 saturated heterocycles. The summed E-state index contributed by atoms with van der Waals surface area (Å²) in [5.74, 6) is 0. The van der Waals surface area contributed by atoms with Crippen LogP contribution in [-0.2, 0) is 20.6 Å². The van der Waals surface area contributed by atoms with E-state index in [0.717, 1.165) is 36.0 Å². The van der Waals surface area contributed by atoms with Crippen LogP contribution in [0.5, 0.6) is 0 Å². The third kappa shape index (κ3) is 7.80. The van der Waals surface area contributed by atoms with Crippen LogP contribution in [0.4, 0.5) is 0 Å². The Bertz CT molecular complexity index is 1340. The molecular formula is C31H30Cl4N2O3. The first kappa shape index (κ1) is 29.4. The highest BCUT2D eigenvalue weighted by Gasteiger charge is 2.30. The molecule has 0 radical (unpaired) electrons. The molecule has 0 spiro atoms. The molecule has 1 fully saturated rings. The largest absolute Gasteiger partial charge is 0.367 e. The quantitative estimate of drug-likeness (QED) is 0.157. The number of hydrogen-bond donors (Lipinski definition) is 0. The maximum absolute atomic E-state index is 6.85. The number of ether oxygens (including phenoxy) is 3. The van der Waals surface area contributed by atoms with Crippen LogP contribution in [0.15, 0.2) is 91.5 Å². The smallest absolute Gasteiger partial charge is 0.158 e. The topological polar surface area (TPSA) is 45.5 Å². The van der Waals surface area contributed by atoms with E-state index >= 15 is 0 Å². The van der Waals surface area contributed by atoms with Crippen molar-refractivity contribution in [1.82, 2.24) is 9.55 Å². The van der Waals surface area contributed by atoms with Crippen molar-refractivity contribution in [1.29, 1.82) is 0 Å². The minimum Gasteiger partial charge on any atom is -0.367 e. The van der Waals surface area contributed by atoms with Gasteiger partial charge in [0.25, 0.3) is 0 Å². The second-order valence-corrected chi connectivity index (χ2v) is 11.5. The molecule has 5 unspecified atom stereocenters. The molecule has 1 aliphatic heterocycles. The van der Waals surface area contributed by atoms with Gasteiger partial charge in [0.05, 0.1) is 25.1 Å². The molecule has 5 rings (SSSR count). The summed E-state index contributed by atoms with van der Waals surface area (Å²) in [4.78, 5) is 4.13. The molecule has 0 bridgehead atoms. The Balaban J connectivity index is 1.26. The summed E-state index contributed by atoms with van der Waals surface area (Å²) in [6.45, 7) is 0.365. The highest BCUT2D eigenvalue weighted by atomic mass is 35.5. The van der Waals surface area contributed by atoms with Crippen LogP contribution in [0.1, 0.15) is 53.7 Å². The number of benzene rings is 3. The van der Waals surface area contributed by atoms with Crippen molar-refractivity contribution in [3.8, 4) is 0 Å². The maximum Gasteiger partial charge on any atom is 0.158 e. The monoisotopic (exact) mass is 618 g/mol. The zero-order chi connectivity index (χ0) is 27.9. The Morgan fingerprint density at radius 3 is 2.42 bits per heavy atom. The number of imidazole rings is 1. The van der Waals surface area contributed by atoms with Gasteiger partial charge >= 0.3 is 0 Å². The Morgan fingerprint density at radius 1 is 0.925 bits per heavy atom. The minimum atomic E-state index is -0.495. The van der Waals surface area contributed by atoms with Crippen LogP contribution in [-0.4, -0.2) is 28.6 Å². The van der Waals surface area contributed by atoms with E-state index in [4.69, 9.17) is 60.6 Å². The van der Waals surface area contributed by atoms with Crippen molar-refractivity contribution >= 4 is 46.4 Å². The van der Waals surface area contributed by atoms with Gasteiger partial charge in [-0.1, -0.05) is 94.9 Å². The highest BCUT2D eigenvalue weighted by molar-refractivity contribution is 6.35. The lowest BCUT2D eigenvalue weighted by Crippen LogP contribution is -2.34. The predicted octanol–water partition coefficient (Wildman–Crippen LogP) is 9.23. The van der Waals surface area contributed by atoms with E-state index < -0.39 is 11.6 Å². The van der Waals surface area contributed by atoms with E-state index in [1.54, 1.807) is 18.6 Å². The van der Waals surface area contributed by atoms with Gasteiger partial charge in [0, 0.05) is 33.9 Å². The van der Waals surface area contributed by atoms with Crippen LogP contribution >= 0.6 is 46.4 Å². The van der Waals surface area contributed by atoms with E-state index in [9.17, 15) is 0 Å². The van der Waals surface area contributed by atoms with Gasteiger partial charge in [-0.15, -0.1) is 0 Å². The van der Waals surface area contributed by atoms with Crippen LogP contribution < -0.4 is 0 Å². The second-order valence-electron chi connectivity index (χ2n) is 9.78. The van der Waals surface area contributed by atoms with Gasteiger partial charge in [0.2, 0.25) is 0 Å². The number of aromatic nitrogens is 2. The molecule has 0 aliphatic carbocycles. The Hall–Kier alpha value is -2.09. The number of halogens is 4. The normalized spacial score (nSPS) is 19.7. The molecule has 40 heavy (non-hydrogen) atoms. The van der Waals surface area contributed by atoms with Crippen molar-refractivity contribution in [3.63, 3.8) is 0 Å². The molecule has 1 aromatic heterocycles. The average Bonchev–Trinajstić information content (AvgIpc) is 3.51. The van der Waals surface area contributed by atoms with E-state index in [2.05, 4.69) is 17.1 Å². The summed E-state index contributed by atoms with van der Waals surface area (Å²) in [5.41, 5.74) is 2.45. The SMILES string of the molecule is Clc1ccc(C(OCC2CCCC(OC(Cc3ccc(Cl)cc3Cl)c3ccccc3)O2)C(Cl)n2ccnc2)cc1. The maximum atomic E-state index is 6.85. The first-order valence-electron chi connectivity index (χ1n) is 13.2. The predicted molar refractivity (Wildman–Crippen MR) is 160 cm³/mol. The zero-order valence-electron chi connectivity index (χ0n) is 21.7. The molecule has 3 aromatic carbocycles. The summed E-state index contributed by atoms with van der Waals surface area (Å²) in [7, 11) is 0. The van der Waals surface area contributed by atoms with E-state index in [0.29, 0.717) is 28.1 Å². The lowest BCUT2D eigenvalue weighted by atomic mass is 10.0. The van der Waals surface area contributed by atoms with Crippen molar-refractivity contribution in [2.45, 2.75) is 55.8 Å². The van der Waals surface area contributed by atoms with Gasteiger partial charge in [-0.05, 0) is 60.2 Å². The second kappa shape index (κ2) is 14.2. The Morgan fingerprint density at radius 2 is 1.70 bits per heavy atom. The molecule has 2 heterocycles. The Labute approximate surface area is 254 Å². The molecule has 0 saturated carbocycles. The molecule has 5 atom stereocenters. The molecule has 210 valence electrons. The van der Waals surface area contributed by atoms with Gasteiger partial charge < -0.3 is 18.8 Å². The van der Waals surface area contributed by atoms with Crippen molar-refractivity contribution in [2.75, 3.05) is 6.61 Å². The lowest BCUT2D eigenvalue weighted by Gasteiger charge is -2.34. The fourth-order valence-electron chi connectivity index (χ4n) is 4.84. The van der Waals surface area contributed by atoms with Gasteiger partial charge in [0.1, 0.15) is 11.6 Å². The summed E-state index contributed by atoms with van der Waals surface area (Å²) < 4.78 is 21.2. The molecule has 0 amide bonds. The molecule has 5 nitrogen and oxygen atoms in total. The zero-order valence-corrected chi connectivity index (χ0v) is 24.7. The first-order chi connectivity index (χ1) is 19.5. The Kier molecular flexibility index (Phi) is 10.4. The van der Waals surface area contributed by atoms with E-state index in [1.165, 1.54) is 0 Å². The average molecular weight is 620 g/mol. The summed E-state index contributed by atoms with van der Waals surface area (Å²) >= 11 is 25.6. The molecular weight excluding hydrogens is 590 g/mol. The summed E-state index contributed by atoms with van der Waals surface area (Å²) in [6.07, 6.45) is 7.22. The van der Waals surface area contributed by atoms with Gasteiger partial charge in [0.15, 0.2) is 6.29 Å². The van der Waals surface area contributed by atoms with Crippen molar-refractivity contribution in [2.24, 2.45) is 0 Å². The third-order valence-corrected chi connectivity index (χ3v) is 8.23. The van der Waals surface area contributed by atoms with Crippen LogP contribution in [0.3, 0.4) is 0 Å². The van der Waals surface area contributed by atoms with Crippen LogP contribution in [0, 0.1) is 0 Å². The lowest BCUT2D eigenvalue weighted by molar-refractivity contribution is -0.228. The van der Waals surface area contributed by atoms with Gasteiger partial charge in [-0.25, -0.2) is 4.98 Å².